The highest BCUT2D eigenvalue weighted by atomic mass is 35.5. The van der Waals surface area contributed by atoms with E-state index in [-0.39, 0.29) is 0 Å². The van der Waals surface area contributed by atoms with Gasteiger partial charge in [0, 0.05) is 30.8 Å². The van der Waals surface area contributed by atoms with Crippen molar-refractivity contribution in [1.82, 2.24) is 0 Å². The van der Waals surface area contributed by atoms with Gasteiger partial charge in [0.15, 0.2) is 0 Å². The predicted octanol–water partition coefficient (Wildman–Crippen LogP) is 4.64. The third-order valence-corrected chi connectivity index (χ3v) is 4.44. The SMILES string of the molecule is CN(C)c1ccc(NC2Cc3ccc(Cl)cc3C2)cc1Cl. The van der Waals surface area contributed by atoms with Gasteiger partial charge >= 0.3 is 0 Å². The Morgan fingerprint density at radius 1 is 1.00 bits per heavy atom. The molecule has 0 amide bonds. The molecule has 1 unspecified atom stereocenters. The number of anilines is 2. The first-order chi connectivity index (χ1) is 10.0. The van der Waals surface area contributed by atoms with Crippen molar-refractivity contribution in [3.05, 3.63) is 57.6 Å². The summed E-state index contributed by atoms with van der Waals surface area (Å²) < 4.78 is 0. The number of hydrogen-bond acceptors (Lipinski definition) is 2. The normalized spacial score (nSPS) is 16.7. The highest BCUT2D eigenvalue weighted by Gasteiger charge is 2.21. The summed E-state index contributed by atoms with van der Waals surface area (Å²) in [5, 5.41) is 5.15. The van der Waals surface area contributed by atoms with E-state index in [9.17, 15) is 0 Å². The van der Waals surface area contributed by atoms with Crippen LogP contribution in [0, 0.1) is 0 Å². The number of rotatable bonds is 3. The summed E-state index contributed by atoms with van der Waals surface area (Å²) in [4.78, 5) is 2.01. The maximum atomic E-state index is 6.32. The van der Waals surface area contributed by atoms with E-state index in [0.29, 0.717) is 6.04 Å². The minimum atomic E-state index is 0.403. The number of hydrogen-bond donors (Lipinski definition) is 1. The zero-order chi connectivity index (χ0) is 15.0. The van der Waals surface area contributed by atoms with E-state index in [1.54, 1.807) is 0 Å². The Balaban J connectivity index is 1.73. The van der Waals surface area contributed by atoms with Crippen molar-refractivity contribution in [1.29, 1.82) is 0 Å². The van der Waals surface area contributed by atoms with E-state index in [4.69, 9.17) is 23.2 Å². The number of halogens is 2. The van der Waals surface area contributed by atoms with Crippen molar-refractivity contribution in [3.63, 3.8) is 0 Å². The molecule has 2 aromatic rings. The van der Waals surface area contributed by atoms with Crippen LogP contribution in [0.25, 0.3) is 0 Å². The summed E-state index contributed by atoms with van der Waals surface area (Å²) in [6.07, 6.45) is 2.03. The molecule has 0 saturated carbocycles. The smallest absolute Gasteiger partial charge is 0.0659 e. The Morgan fingerprint density at radius 3 is 2.48 bits per heavy atom. The van der Waals surface area contributed by atoms with Crippen LogP contribution >= 0.6 is 23.2 Å². The zero-order valence-corrected chi connectivity index (χ0v) is 13.7. The fraction of sp³-hybridized carbons (Fsp3) is 0.294. The molecule has 4 heteroatoms. The van der Waals surface area contributed by atoms with E-state index < -0.39 is 0 Å². The second kappa shape index (κ2) is 5.78. The van der Waals surface area contributed by atoms with Crippen molar-refractivity contribution in [3.8, 4) is 0 Å². The summed E-state index contributed by atoms with van der Waals surface area (Å²) in [6, 6.07) is 12.7. The summed E-state index contributed by atoms with van der Waals surface area (Å²) in [5.74, 6) is 0. The van der Waals surface area contributed by atoms with E-state index in [0.717, 1.165) is 34.3 Å². The third kappa shape index (κ3) is 3.12. The second-order valence-electron chi connectivity index (χ2n) is 5.72. The van der Waals surface area contributed by atoms with Gasteiger partial charge < -0.3 is 10.2 Å². The molecule has 1 aliphatic rings. The van der Waals surface area contributed by atoms with Gasteiger partial charge in [0.1, 0.15) is 0 Å². The average molecular weight is 321 g/mol. The quantitative estimate of drug-likeness (QED) is 0.886. The molecule has 1 atom stereocenters. The Morgan fingerprint density at radius 2 is 1.76 bits per heavy atom. The molecule has 2 nitrogen and oxygen atoms in total. The number of fused-ring (bicyclic) bond motifs is 1. The average Bonchev–Trinajstić information content (AvgIpc) is 2.79. The largest absolute Gasteiger partial charge is 0.382 e. The molecular formula is C17H18Cl2N2. The van der Waals surface area contributed by atoms with Gasteiger partial charge in [0.25, 0.3) is 0 Å². The van der Waals surface area contributed by atoms with Gasteiger partial charge in [-0.05, 0) is 54.3 Å². The van der Waals surface area contributed by atoms with Crippen LogP contribution in [0.4, 0.5) is 11.4 Å². The van der Waals surface area contributed by atoms with E-state index >= 15 is 0 Å². The number of benzene rings is 2. The van der Waals surface area contributed by atoms with E-state index in [2.05, 4.69) is 23.5 Å². The lowest BCUT2D eigenvalue weighted by Gasteiger charge is -2.18. The lowest BCUT2D eigenvalue weighted by atomic mass is 10.1. The minimum Gasteiger partial charge on any atom is -0.382 e. The van der Waals surface area contributed by atoms with Crippen molar-refractivity contribution in [2.45, 2.75) is 18.9 Å². The molecule has 110 valence electrons. The topological polar surface area (TPSA) is 15.3 Å². The third-order valence-electron chi connectivity index (χ3n) is 3.90. The molecule has 21 heavy (non-hydrogen) atoms. The van der Waals surface area contributed by atoms with E-state index in [1.165, 1.54) is 11.1 Å². The highest BCUT2D eigenvalue weighted by molar-refractivity contribution is 6.33. The molecule has 1 aliphatic carbocycles. The first-order valence-electron chi connectivity index (χ1n) is 7.03. The van der Waals surface area contributed by atoms with Crippen LogP contribution in [0.2, 0.25) is 10.0 Å². The van der Waals surface area contributed by atoms with E-state index in [1.807, 2.05) is 37.2 Å². The standard InChI is InChI=1S/C17H18Cl2N2/c1-21(2)17-6-5-14(10-16(17)19)20-15-8-11-3-4-13(18)7-12(11)9-15/h3-7,10,15,20H,8-9H2,1-2H3. The zero-order valence-electron chi connectivity index (χ0n) is 12.2. The van der Waals surface area contributed by atoms with Crippen LogP contribution in [-0.2, 0) is 12.8 Å². The summed E-state index contributed by atoms with van der Waals surface area (Å²) in [5.41, 5.74) is 4.82. The molecular weight excluding hydrogens is 303 g/mol. The molecule has 0 aromatic heterocycles. The first kappa shape index (κ1) is 14.6. The van der Waals surface area contributed by atoms with Gasteiger partial charge in [-0.15, -0.1) is 0 Å². The van der Waals surface area contributed by atoms with Crippen molar-refractivity contribution < 1.29 is 0 Å². The van der Waals surface area contributed by atoms with Crippen LogP contribution < -0.4 is 10.2 Å². The minimum absolute atomic E-state index is 0.403. The summed E-state index contributed by atoms with van der Waals surface area (Å²) in [7, 11) is 3.98. The van der Waals surface area contributed by atoms with Gasteiger partial charge in [-0.1, -0.05) is 29.3 Å². The Hall–Kier alpha value is -1.38. The molecule has 0 spiro atoms. The number of nitrogens with one attached hydrogen (secondary N) is 1. The fourth-order valence-electron chi connectivity index (χ4n) is 2.88. The molecule has 0 radical (unpaired) electrons. The lowest BCUT2D eigenvalue weighted by molar-refractivity contribution is 0.774. The van der Waals surface area contributed by atoms with Crippen molar-refractivity contribution in [2.24, 2.45) is 0 Å². The molecule has 0 fully saturated rings. The molecule has 2 aromatic carbocycles. The van der Waals surface area contributed by atoms with Crippen molar-refractivity contribution >= 4 is 34.6 Å². The van der Waals surface area contributed by atoms with Gasteiger partial charge in [0.2, 0.25) is 0 Å². The van der Waals surface area contributed by atoms with Crippen LogP contribution in [0.5, 0.6) is 0 Å². The van der Waals surface area contributed by atoms with Crippen LogP contribution in [0.15, 0.2) is 36.4 Å². The van der Waals surface area contributed by atoms with Gasteiger partial charge in [-0.2, -0.15) is 0 Å². The predicted molar refractivity (Wildman–Crippen MR) is 92.0 cm³/mol. The molecule has 0 saturated heterocycles. The highest BCUT2D eigenvalue weighted by Crippen LogP contribution is 2.30. The maximum Gasteiger partial charge on any atom is 0.0659 e. The summed E-state index contributed by atoms with van der Waals surface area (Å²) in [6.45, 7) is 0. The van der Waals surface area contributed by atoms with Crippen molar-refractivity contribution in [2.75, 3.05) is 24.3 Å². The molecule has 1 N–H and O–H groups in total. The summed E-state index contributed by atoms with van der Waals surface area (Å²) >= 11 is 12.4. The first-order valence-corrected chi connectivity index (χ1v) is 7.79. The lowest BCUT2D eigenvalue weighted by Crippen LogP contribution is -2.19. The second-order valence-corrected chi connectivity index (χ2v) is 6.57. The van der Waals surface area contributed by atoms with Gasteiger partial charge in [-0.25, -0.2) is 0 Å². The van der Waals surface area contributed by atoms with Gasteiger partial charge in [0.05, 0.1) is 10.7 Å². The van der Waals surface area contributed by atoms with Crippen LogP contribution in [0.3, 0.4) is 0 Å². The van der Waals surface area contributed by atoms with Gasteiger partial charge in [-0.3, -0.25) is 0 Å². The molecule has 0 bridgehead atoms. The monoisotopic (exact) mass is 320 g/mol. The Kier molecular flexibility index (Phi) is 4.01. The number of nitrogens with zero attached hydrogens (tertiary/aromatic N) is 1. The Bertz CT molecular complexity index is 668. The Labute approximate surface area is 135 Å². The molecule has 0 heterocycles. The van der Waals surface area contributed by atoms with Crippen LogP contribution in [0.1, 0.15) is 11.1 Å². The van der Waals surface area contributed by atoms with Crippen LogP contribution in [-0.4, -0.2) is 20.1 Å². The molecule has 3 rings (SSSR count). The maximum absolute atomic E-state index is 6.32. The fourth-order valence-corrected chi connectivity index (χ4v) is 3.43. The molecule has 0 aliphatic heterocycles.